The van der Waals surface area contributed by atoms with Gasteiger partial charge in [0.15, 0.2) is 0 Å². The molecule has 4 heterocycles. The molecule has 1 saturated heterocycles. The lowest BCUT2D eigenvalue weighted by Gasteiger charge is -2.34. The fourth-order valence-corrected chi connectivity index (χ4v) is 4.24. The molecule has 1 fully saturated rings. The van der Waals surface area contributed by atoms with E-state index in [1.54, 1.807) is 18.4 Å². The van der Waals surface area contributed by atoms with E-state index in [2.05, 4.69) is 43.3 Å². The molecule has 5 nitrogen and oxygen atoms in total. The number of hydrogen-bond acceptors (Lipinski definition) is 5. The molecule has 25 heavy (non-hydrogen) atoms. The number of hydrogen-bond donors (Lipinski definition) is 1. The van der Waals surface area contributed by atoms with E-state index in [-0.39, 0.29) is 0 Å². The van der Waals surface area contributed by atoms with Crippen molar-refractivity contribution in [3.63, 3.8) is 0 Å². The van der Waals surface area contributed by atoms with E-state index < -0.39 is 0 Å². The van der Waals surface area contributed by atoms with Crippen molar-refractivity contribution in [1.82, 2.24) is 19.8 Å². The first-order valence-electron chi connectivity index (χ1n) is 8.78. The van der Waals surface area contributed by atoms with Gasteiger partial charge in [0, 0.05) is 63.5 Å². The van der Waals surface area contributed by atoms with Crippen LogP contribution in [0.1, 0.15) is 5.56 Å². The number of methoxy groups -OCH3 is 1. The predicted octanol–water partition coefficient (Wildman–Crippen LogP) is 3.06. The third-order valence-electron chi connectivity index (χ3n) is 4.90. The van der Waals surface area contributed by atoms with Crippen LogP contribution in [0.15, 0.2) is 35.8 Å². The second-order valence-electron chi connectivity index (χ2n) is 6.47. The van der Waals surface area contributed by atoms with E-state index in [1.807, 2.05) is 12.3 Å². The molecule has 0 atom stereocenters. The summed E-state index contributed by atoms with van der Waals surface area (Å²) < 4.78 is 5.20. The van der Waals surface area contributed by atoms with Crippen LogP contribution in [0.5, 0.6) is 0 Å². The molecule has 0 amide bonds. The van der Waals surface area contributed by atoms with Gasteiger partial charge in [-0.2, -0.15) is 0 Å². The molecular formula is C19H24N4OS. The van der Waals surface area contributed by atoms with Crippen molar-refractivity contribution >= 4 is 22.4 Å². The van der Waals surface area contributed by atoms with Crippen LogP contribution >= 0.6 is 11.3 Å². The lowest BCUT2D eigenvalue weighted by atomic mass is 10.1. The Labute approximate surface area is 152 Å². The summed E-state index contributed by atoms with van der Waals surface area (Å²) in [5, 5.41) is 3.37. The van der Waals surface area contributed by atoms with Gasteiger partial charge >= 0.3 is 0 Å². The molecular weight excluding hydrogens is 332 g/mol. The summed E-state index contributed by atoms with van der Waals surface area (Å²) in [6.07, 6.45) is 1.86. The van der Waals surface area contributed by atoms with Gasteiger partial charge in [0.1, 0.15) is 5.65 Å². The van der Waals surface area contributed by atoms with Crippen molar-refractivity contribution in [2.45, 2.75) is 6.54 Å². The molecule has 6 heteroatoms. The van der Waals surface area contributed by atoms with Crippen molar-refractivity contribution in [2.75, 3.05) is 46.4 Å². The van der Waals surface area contributed by atoms with Gasteiger partial charge in [-0.1, -0.05) is 6.07 Å². The fraction of sp³-hybridized carbons (Fsp3) is 0.421. The highest BCUT2D eigenvalue weighted by Crippen LogP contribution is 2.33. The molecule has 0 radical (unpaired) electrons. The maximum absolute atomic E-state index is 5.20. The molecule has 3 aromatic heterocycles. The van der Waals surface area contributed by atoms with E-state index in [9.17, 15) is 0 Å². The van der Waals surface area contributed by atoms with Crippen molar-refractivity contribution in [3.8, 4) is 10.6 Å². The van der Waals surface area contributed by atoms with Crippen LogP contribution in [0.4, 0.5) is 0 Å². The molecule has 1 aliphatic heterocycles. The molecule has 0 aromatic carbocycles. The minimum atomic E-state index is 0.816. The average molecular weight is 356 g/mol. The van der Waals surface area contributed by atoms with Crippen molar-refractivity contribution in [3.05, 3.63) is 41.4 Å². The predicted molar refractivity (Wildman–Crippen MR) is 103 cm³/mol. The van der Waals surface area contributed by atoms with E-state index in [0.29, 0.717) is 0 Å². The largest absolute Gasteiger partial charge is 0.383 e. The van der Waals surface area contributed by atoms with Crippen LogP contribution in [0, 0.1) is 0 Å². The molecule has 0 bridgehead atoms. The number of H-pyrrole nitrogens is 1. The first-order valence-corrected chi connectivity index (χ1v) is 9.66. The molecule has 1 N–H and O–H groups in total. The first kappa shape index (κ1) is 16.7. The van der Waals surface area contributed by atoms with E-state index in [4.69, 9.17) is 4.74 Å². The monoisotopic (exact) mass is 356 g/mol. The van der Waals surface area contributed by atoms with Crippen molar-refractivity contribution < 1.29 is 4.74 Å². The van der Waals surface area contributed by atoms with Crippen LogP contribution in [-0.2, 0) is 11.3 Å². The Morgan fingerprint density at radius 2 is 2.00 bits per heavy atom. The van der Waals surface area contributed by atoms with Gasteiger partial charge in [-0.05, 0) is 23.6 Å². The number of nitrogens with zero attached hydrogens (tertiary/aromatic N) is 3. The molecule has 0 saturated carbocycles. The Balaban J connectivity index is 1.54. The van der Waals surface area contributed by atoms with Crippen molar-refractivity contribution in [2.24, 2.45) is 0 Å². The van der Waals surface area contributed by atoms with Gasteiger partial charge in [0.25, 0.3) is 0 Å². The highest BCUT2D eigenvalue weighted by molar-refractivity contribution is 7.13. The van der Waals surface area contributed by atoms with Gasteiger partial charge in [-0.3, -0.25) is 9.80 Å². The number of nitrogens with one attached hydrogen (secondary N) is 1. The fourth-order valence-electron chi connectivity index (χ4n) is 3.49. The quantitative estimate of drug-likeness (QED) is 0.737. The zero-order chi connectivity index (χ0) is 17.1. The van der Waals surface area contributed by atoms with E-state index >= 15 is 0 Å². The topological polar surface area (TPSA) is 44.4 Å². The molecule has 0 aliphatic carbocycles. The maximum Gasteiger partial charge on any atom is 0.138 e. The smallest absolute Gasteiger partial charge is 0.138 e. The summed E-state index contributed by atoms with van der Waals surface area (Å²) in [5.74, 6) is 0. The number of piperazine rings is 1. The number of aromatic nitrogens is 2. The van der Waals surface area contributed by atoms with Gasteiger partial charge in [-0.25, -0.2) is 4.98 Å². The minimum Gasteiger partial charge on any atom is -0.383 e. The Morgan fingerprint density at radius 1 is 1.16 bits per heavy atom. The van der Waals surface area contributed by atoms with Crippen LogP contribution < -0.4 is 0 Å². The summed E-state index contributed by atoms with van der Waals surface area (Å²) in [4.78, 5) is 14.4. The summed E-state index contributed by atoms with van der Waals surface area (Å²) in [6, 6.07) is 8.50. The van der Waals surface area contributed by atoms with Gasteiger partial charge in [0.05, 0.1) is 17.2 Å². The maximum atomic E-state index is 5.20. The Hall–Kier alpha value is -1.73. The normalized spacial score (nSPS) is 16.7. The Morgan fingerprint density at radius 3 is 2.76 bits per heavy atom. The second kappa shape index (κ2) is 7.66. The number of rotatable bonds is 6. The summed E-state index contributed by atoms with van der Waals surface area (Å²) in [7, 11) is 1.77. The van der Waals surface area contributed by atoms with Crippen LogP contribution in [0.25, 0.3) is 21.6 Å². The first-order chi connectivity index (χ1) is 12.3. The van der Waals surface area contributed by atoms with Gasteiger partial charge in [0.2, 0.25) is 0 Å². The highest BCUT2D eigenvalue weighted by Gasteiger charge is 2.21. The van der Waals surface area contributed by atoms with Gasteiger partial charge in [-0.15, -0.1) is 11.3 Å². The standard InChI is InChI=1S/C19H24N4OS/c1-24-12-11-22-7-9-23(10-8-22)14-16-15-4-2-6-20-19(15)21-18(16)17-5-3-13-25-17/h2-6,13H,7-12,14H2,1H3,(H,20,21). The third-order valence-corrected chi connectivity index (χ3v) is 5.79. The number of fused-ring (bicyclic) bond motifs is 1. The lowest BCUT2D eigenvalue weighted by molar-refractivity contribution is 0.0941. The molecule has 3 aromatic rings. The van der Waals surface area contributed by atoms with Crippen molar-refractivity contribution in [1.29, 1.82) is 0 Å². The van der Waals surface area contributed by atoms with E-state index in [0.717, 1.165) is 51.5 Å². The number of aromatic amines is 1. The lowest BCUT2D eigenvalue weighted by Crippen LogP contribution is -2.46. The van der Waals surface area contributed by atoms with Crippen LogP contribution in [-0.4, -0.2) is 66.2 Å². The summed E-state index contributed by atoms with van der Waals surface area (Å²) in [6.45, 7) is 7.23. The summed E-state index contributed by atoms with van der Waals surface area (Å²) >= 11 is 1.78. The molecule has 1 aliphatic rings. The van der Waals surface area contributed by atoms with Gasteiger partial charge < -0.3 is 9.72 Å². The molecule has 0 spiro atoms. The number of ether oxygens (including phenoxy) is 1. The average Bonchev–Trinajstić information content (AvgIpc) is 3.29. The summed E-state index contributed by atoms with van der Waals surface area (Å²) in [5.41, 5.74) is 3.58. The molecule has 4 rings (SSSR count). The second-order valence-corrected chi connectivity index (χ2v) is 7.41. The minimum absolute atomic E-state index is 0.816. The van der Waals surface area contributed by atoms with E-state index in [1.165, 1.54) is 21.5 Å². The zero-order valence-corrected chi connectivity index (χ0v) is 15.4. The third kappa shape index (κ3) is 3.62. The Kier molecular flexibility index (Phi) is 5.12. The number of thiophene rings is 1. The molecule has 0 unspecified atom stereocenters. The van der Waals surface area contributed by atoms with Crippen LogP contribution in [0.2, 0.25) is 0 Å². The van der Waals surface area contributed by atoms with Crippen LogP contribution in [0.3, 0.4) is 0 Å². The zero-order valence-electron chi connectivity index (χ0n) is 14.6. The Bertz CT molecular complexity index is 806. The SMILES string of the molecule is COCCN1CCN(Cc2c(-c3cccs3)[nH]c3ncccc23)CC1. The number of pyridine rings is 1. The molecule has 132 valence electrons. The highest BCUT2D eigenvalue weighted by atomic mass is 32.1.